The first-order valence-electron chi connectivity index (χ1n) is 6.97. The number of amides is 1. The molecule has 1 atom stereocenters. The second kappa shape index (κ2) is 6.46. The number of rotatable bonds is 3. The Morgan fingerprint density at radius 3 is 2.60 bits per heavy atom. The summed E-state index contributed by atoms with van der Waals surface area (Å²) in [4.78, 5) is 13.8. The predicted octanol–water partition coefficient (Wildman–Crippen LogP) is 2.36. The lowest BCUT2D eigenvalue weighted by Gasteiger charge is -2.33. The molecule has 0 aliphatic carbocycles. The number of aliphatic hydroxyl groups is 1. The molecule has 2 N–H and O–H groups in total. The molecule has 1 unspecified atom stereocenters. The summed E-state index contributed by atoms with van der Waals surface area (Å²) >= 11 is 6.30. The van der Waals surface area contributed by atoms with Crippen LogP contribution < -0.4 is 10.2 Å². The van der Waals surface area contributed by atoms with Gasteiger partial charge in [0.1, 0.15) is 0 Å². The van der Waals surface area contributed by atoms with Crippen molar-refractivity contribution in [2.75, 3.05) is 25.0 Å². The van der Waals surface area contributed by atoms with Gasteiger partial charge in [0.2, 0.25) is 5.91 Å². The van der Waals surface area contributed by atoms with E-state index in [1.54, 1.807) is 14.0 Å². The molecule has 0 aromatic heterocycles. The summed E-state index contributed by atoms with van der Waals surface area (Å²) in [5.41, 5.74) is 1.80. The minimum absolute atomic E-state index is 0.103. The molecular formula is C15H21ClN2O2. The summed E-state index contributed by atoms with van der Waals surface area (Å²) in [5, 5.41) is 12.9. The average Bonchev–Trinajstić information content (AvgIpc) is 2.46. The van der Waals surface area contributed by atoms with Crippen molar-refractivity contribution >= 4 is 23.2 Å². The van der Waals surface area contributed by atoms with Crippen LogP contribution in [-0.2, 0) is 4.79 Å². The second-order valence-electron chi connectivity index (χ2n) is 5.26. The first-order chi connectivity index (χ1) is 9.52. The molecule has 1 amide bonds. The lowest BCUT2D eigenvalue weighted by Crippen LogP contribution is -2.39. The van der Waals surface area contributed by atoms with Gasteiger partial charge in [-0.25, -0.2) is 0 Å². The molecule has 0 radical (unpaired) electrons. The van der Waals surface area contributed by atoms with Gasteiger partial charge in [0.15, 0.2) is 0 Å². The van der Waals surface area contributed by atoms with Crippen molar-refractivity contribution in [2.24, 2.45) is 5.92 Å². The van der Waals surface area contributed by atoms with E-state index >= 15 is 0 Å². The minimum atomic E-state index is -0.513. The first-order valence-corrected chi connectivity index (χ1v) is 7.34. The first kappa shape index (κ1) is 15.1. The molecule has 0 saturated carbocycles. The van der Waals surface area contributed by atoms with Crippen molar-refractivity contribution < 1.29 is 9.90 Å². The Morgan fingerprint density at radius 1 is 1.45 bits per heavy atom. The highest BCUT2D eigenvalue weighted by molar-refractivity contribution is 6.33. The number of benzene rings is 1. The van der Waals surface area contributed by atoms with Gasteiger partial charge in [-0.05, 0) is 37.5 Å². The van der Waals surface area contributed by atoms with Crippen LogP contribution in [0.15, 0.2) is 18.2 Å². The SMILES string of the molecule is CNC(=O)C1CCN(c2ccc(C(C)O)cc2Cl)CC1. The van der Waals surface area contributed by atoms with Gasteiger partial charge < -0.3 is 15.3 Å². The summed E-state index contributed by atoms with van der Waals surface area (Å²) in [5.74, 6) is 0.229. The van der Waals surface area contributed by atoms with E-state index in [-0.39, 0.29) is 11.8 Å². The molecule has 110 valence electrons. The zero-order valence-corrected chi connectivity index (χ0v) is 12.7. The maximum Gasteiger partial charge on any atom is 0.222 e. The Balaban J connectivity index is 2.05. The van der Waals surface area contributed by atoms with E-state index in [9.17, 15) is 9.90 Å². The van der Waals surface area contributed by atoms with E-state index < -0.39 is 6.10 Å². The van der Waals surface area contributed by atoms with Gasteiger partial charge in [-0.15, -0.1) is 0 Å². The Hall–Kier alpha value is -1.26. The number of carbonyl (C=O) groups is 1. The smallest absolute Gasteiger partial charge is 0.222 e. The minimum Gasteiger partial charge on any atom is -0.389 e. The van der Waals surface area contributed by atoms with E-state index in [2.05, 4.69) is 10.2 Å². The Labute approximate surface area is 124 Å². The molecule has 1 aromatic rings. The molecular weight excluding hydrogens is 276 g/mol. The number of aliphatic hydroxyl groups excluding tert-OH is 1. The predicted molar refractivity (Wildman–Crippen MR) is 81.1 cm³/mol. The van der Waals surface area contributed by atoms with Gasteiger partial charge in [0.05, 0.1) is 16.8 Å². The molecule has 5 heteroatoms. The normalized spacial score (nSPS) is 17.9. The van der Waals surface area contributed by atoms with Gasteiger partial charge >= 0.3 is 0 Å². The van der Waals surface area contributed by atoms with Crippen LogP contribution in [0.5, 0.6) is 0 Å². The fourth-order valence-corrected chi connectivity index (χ4v) is 2.93. The van der Waals surface area contributed by atoms with Gasteiger partial charge in [-0.1, -0.05) is 17.7 Å². The maximum atomic E-state index is 11.6. The van der Waals surface area contributed by atoms with Crippen LogP contribution in [0.2, 0.25) is 5.02 Å². The van der Waals surface area contributed by atoms with Gasteiger partial charge in [-0.3, -0.25) is 4.79 Å². The number of anilines is 1. The standard InChI is InChI=1S/C15H21ClN2O2/c1-10(19)12-3-4-14(13(16)9-12)18-7-5-11(6-8-18)15(20)17-2/h3-4,9-11,19H,5-8H2,1-2H3,(H,17,20). The fourth-order valence-electron chi connectivity index (χ4n) is 2.63. The molecule has 1 aliphatic rings. The lowest BCUT2D eigenvalue weighted by atomic mass is 9.95. The summed E-state index contributed by atoms with van der Waals surface area (Å²) < 4.78 is 0. The molecule has 4 nitrogen and oxygen atoms in total. The topological polar surface area (TPSA) is 52.6 Å². The third-order valence-electron chi connectivity index (χ3n) is 3.91. The monoisotopic (exact) mass is 296 g/mol. The van der Waals surface area contributed by atoms with Crippen molar-refractivity contribution in [1.29, 1.82) is 0 Å². The van der Waals surface area contributed by atoms with Crippen molar-refractivity contribution in [2.45, 2.75) is 25.9 Å². The molecule has 1 fully saturated rings. The third-order valence-corrected chi connectivity index (χ3v) is 4.21. The number of piperidine rings is 1. The number of carbonyl (C=O) groups excluding carboxylic acids is 1. The highest BCUT2D eigenvalue weighted by atomic mass is 35.5. The molecule has 0 bridgehead atoms. The number of nitrogens with one attached hydrogen (secondary N) is 1. The summed E-state index contributed by atoms with van der Waals surface area (Å²) in [6, 6.07) is 5.66. The highest BCUT2D eigenvalue weighted by Gasteiger charge is 2.25. The molecule has 0 spiro atoms. The van der Waals surface area contributed by atoms with Crippen molar-refractivity contribution in [3.8, 4) is 0 Å². The number of hydrogen-bond acceptors (Lipinski definition) is 3. The van der Waals surface area contributed by atoms with E-state index in [4.69, 9.17) is 11.6 Å². The van der Waals surface area contributed by atoms with Gasteiger partial charge in [-0.2, -0.15) is 0 Å². The second-order valence-corrected chi connectivity index (χ2v) is 5.67. The van der Waals surface area contributed by atoms with Gasteiger partial charge in [0.25, 0.3) is 0 Å². The molecule has 2 rings (SSSR count). The van der Waals surface area contributed by atoms with Crippen LogP contribution in [0, 0.1) is 5.92 Å². The van der Waals surface area contributed by atoms with E-state index in [1.807, 2.05) is 18.2 Å². The fraction of sp³-hybridized carbons (Fsp3) is 0.533. The highest BCUT2D eigenvalue weighted by Crippen LogP contribution is 2.31. The quantitative estimate of drug-likeness (QED) is 0.900. The third kappa shape index (κ3) is 3.25. The van der Waals surface area contributed by atoms with E-state index in [1.165, 1.54) is 0 Å². The van der Waals surface area contributed by atoms with Crippen molar-refractivity contribution in [3.63, 3.8) is 0 Å². The number of hydrogen-bond donors (Lipinski definition) is 2. The summed E-state index contributed by atoms with van der Waals surface area (Å²) in [7, 11) is 1.68. The molecule has 1 heterocycles. The molecule has 20 heavy (non-hydrogen) atoms. The largest absolute Gasteiger partial charge is 0.389 e. The van der Waals surface area contributed by atoms with Crippen LogP contribution in [0.4, 0.5) is 5.69 Å². The van der Waals surface area contributed by atoms with E-state index in [0.29, 0.717) is 5.02 Å². The van der Waals surface area contributed by atoms with Crippen LogP contribution in [0.3, 0.4) is 0 Å². The van der Waals surface area contributed by atoms with Crippen LogP contribution in [0.1, 0.15) is 31.4 Å². The van der Waals surface area contributed by atoms with Crippen LogP contribution in [0.25, 0.3) is 0 Å². The summed E-state index contributed by atoms with van der Waals surface area (Å²) in [6.07, 6.45) is 1.17. The van der Waals surface area contributed by atoms with Crippen LogP contribution in [-0.4, -0.2) is 31.2 Å². The zero-order valence-electron chi connectivity index (χ0n) is 11.9. The Kier molecular flexibility index (Phi) is 4.89. The number of halogens is 1. The average molecular weight is 297 g/mol. The van der Waals surface area contributed by atoms with Crippen LogP contribution >= 0.6 is 11.6 Å². The molecule has 1 saturated heterocycles. The van der Waals surface area contributed by atoms with Crippen molar-refractivity contribution in [3.05, 3.63) is 28.8 Å². The lowest BCUT2D eigenvalue weighted by molar-refractivity contribution is -0.125. The number of nitrogens with zero attached hydrogens (tertiary/aromatic N) is 1. The Morgan fingerprint density at radius 2 is 2.10 bits per heavy atom. The summed E-state index contributed by atoms with van der Waals surface area (Å²) in [6.45, 7) is 3.37. The van der Waals surface area contributed by atoms with E-state index in [0.717, 1.165) is 37.2 Å². The van der Waals surface area contributed by atoms with Crippen molar-refractivity contribution in [1.82, 2.24) is 5.32 Å². The molecule has 1 aliphatic heterocycles. The maximum absolute atomic E-state index is 11.6. The zero-order chi connectivity index (χ0) is 14.7. The Bertz CT molecular complexity index is 483. The van der Waals surface area contributed by atoms with Gasteiger partial charge in [0, 0.05) is 26.1 Å². The molecule has 1 aromatic carbocycles.